The van der Waals surface area contributed by atoms with Crippen molar-refractivity contribution in [3.05, 3.63) is 117 Å². The van der Waals surface area contributed by atoms with Crippen LogP contribution in [0, 0.1) is 3.57 Å². The van der Waals surface area contributed by atoms with E-state index in [-0.39, 0.29) is 11.4 Å². The van der Waals surface area contributed by atoms with Crippen LogP contribution in [0.5, 0.6) is 11.5 Å². The Hall–Kier alpha value is -4.35. The zero-order valence-electron chi connectivity index (χ0n) is 23.7. The molecule has 1 aliphatic rings. The number of ether oxygens (including phenoxy) is 2. The van der Waals surface area contributed by atoms with Gasteiger partial charge in [-0.1, -0.05) is 78.9 Å². The van der Waals surface area contributed by atoms with Gasteiger partial charge in [0.15, 0.2) is 11.5 Å². The van der Waals surface area contributed by atoms with Gasteiger partial charge in [-0.3, -0.25) is 19.3 Å². The van der Waals surface area contributed by atoms with Gasteiger partial charge in [0.05, 0.1) is 15.1 Å². The summed E-state index contributed by atoms with van der Waals surface area (Å²) in [5.41, 5.74) is 2.36. The fourth-order valence-corrected chi connectivity index (χ4v) is 6.72. The lowest BCUT2D eigenvalue weighted by Gasteiger charge is -2.16. The van der Waals surface area contributed by atoms with Crippen molar-refractivity contribution in [1.29, 1.82) is 0 Å². The van der Waals surface area contributed by atoms with Gasteiger partial charge in [0.2, 0.25) is 5.91 Å². The second-order valence-corrected chi connectivity index (χ2v) is 12.2. The third-order valence-electron chi connectivity index (χ3n) is 7.12. The summed E-state index contributed by atoms with van der Waals surface area (Å²) < 4.78 is 13.0. The Morgan fingerprint density at radius 1 is 0.886 bits per heavy atom. The number of rotatable bonds is 9. The lowest BCUT2D eigenvalue weighted by molar-refractivity contribution is -0.127. The van der Waals surface area contributed by atoms with Crippen LogP contribution in [0.1, 0.15) is 18.1 Å². The van der Waals surface area contributed by atoms with Crippen molar-refractivity contribution < 1.29 is 23.9 Å². The molecule has 1 heterocycles. The molecular weight excluding hydrogens is 687 g/mol. The summed E-state index contributed by atoms with van der Waals surface area (Å²) in [6.07, 6.45) is 1.65. The zero-order chi connectivity index (χ0) is 30.6. The maximum absolute atomic E-state index is 13.2. The van der Waals surface area contributed by atoms with E-state index in [1.807, 2.05) is 73.7 Å². The van der Waals surface area contributed by atoms with E-state index in [0.717, 1.165) is 47.3 Å². The number of amides is 3. The third-order valence-corrected chi connectivity index (χ3v) is 8.83. The van der Waals surface area contributed by atoms with Gasteiger partial charge in [-0.2, -0.15) is 0 Å². The minimum atomic E-state index is -0.516. The largest absolute Gasteiger partial charge is 0.490 e. The molecule has 0 spiro atoms. The van der Waals surface area contributed by atoms with Crippen LogP contribution in [0.4, 0.5) is 10.5 Å². The van der Waals surface area contributed by atoms with E-state index in [4.69, 9.17) is 9.47 Å². The lowest BCUT2D eigenvalue weighted by atomic mass is 10.1. The van der Waals surface area contributed by atoms with Crippen LogP contribution in [0.25, 0.3) is 27.6 Å². The summed E-state index contributed by atoms with van der Waals surface area (Å²) in [5, 5.41) is 6.47. The van der Waals surface area contributed by atoms with Crippen molar-refractivity contribution >= 4 is 84.7 Å². The van der Waals surface area contributed by atoms with Crippen LogP contribution in [-0.4, -0.2) is 35.1 Å². The molecular formula is C35H27IN2O5S. The van der Waals surface area contributed by atoms with Crippen LogP contribution in [0.3, 0.4) is 0 Å². The van der Waals surface area contributed by atoms with Gasteiger partial charge in [-0.15, -0.1) is 0 Å². The van der Waals surface area contributed by atoms with E-state index in [9.17, 15) is 14.4 Å². The number of halogens is 1. The first kappa shape index (κ1) is 29.7. The van der Waals surface area contributed by atoms with Crippen LogP contribution in [0.15, 0.2) is 102 Å². The number of hydrogen-bond acceptors (Lipinski definition) is 6. The average Bonchev–Trinajstić information content (AvgIpc) is 3.28. The number of fused-ring (bicyclic) bond motifs is 2. The van der Waals surface area contributed by atoms with Crippen molar-refractivity contribution in [2.45, 2.75) is 13.5 Å². The molecule has 1 saturated heterocycles. The Labute approximate surface area is 272 Å². The van der Waals surface area contributed by atoms with Crippen molar-refractivity contribution in [3.8, 4) is 11.5 Å². The first-order chi connectivity index (χ1) is 21.4. The summed E-state index contributed by atoms with van der Waals surface area (Å²) in [6, 6.07) is 31.2. The number of carbonyl (C=O) groups is 3. The van der Waals surface area contributed by atoms with E-state index >= 15 is 0 Å². The first-order valence-corrected chi connectivity index (χ1v) is 15.9. The highest BCUT2D eigenvalue weighted by Gasteiger charge is 2.36. The molecule has 0 radical (unpaired) electrons. The second kappa shape index (κ2) is 13.1. The molecule has 0 aromatic heterocycles. The Morgan fingerprint density at radius 2 is 1.57 bits per heavy atom. The summed E-state index contributed by atoms with van der Waals surface area (Å²) in [4.78, 5) is 40.1. The zero-order valence-corrected chi connectivity index (χ0v) is 26.7. The monoisotopic (exact) mass is 714 g/mol. The summed E-state index contributed by atoms with van der Waals surface area (Å²) in [6.45, 7) is 2.29. The molecule has 220 valence electrons. The standard InChI is InChI=1S/C35H27IN2O5S/c1-2-42-30-18-22(17-28(36)33(30)43-21-25-13-7-11-23-9-3-5-14-26(23)25)19-31-34(40)38(35(41)44-31)20-32(39)37-29-16-8-12-24-10-4-6-15-27(24)29/h3-19H,2,20-21H2,1H3,(H,37,39)/b31-19+. The Kier molecular flexibility index (Phi) is 8.85. The molecule has 0 atom stereocenters. The van der Waals surface area contributed by atoms with Crippen molar-refractivity contribution in [2.24, 2.45) is 0 Å². The fourth-order valence-electron chi connectivity index (χ4n) is 5.10. The number of nitrogens with zero attached hydrogens (tertiary/aromatic N) is 1. The minimum Gasteiger partial charge on any atom is -0.490 e. The Bertz CT molecular complexity index is 1950. The molecule has 7 nitrogen and oxygen atoms in total. The Balaban J connectivity index is 1.18. The number of thioether (sulfide) groups is 1. The molecule has 0 bridgehead atoms. The number of anilines is 1. The Morgan fingerprint density at radius 3 is 2.34 bits per heavy atom. The summed E-state index contributed by atoms with van der Waals surface area (Å²) in [7, 11) is 0. The number of nitrogens with one attached hydrogen (secondary N) is 1. The second-order valence-electron chi connectivity index (χ2n) is 10.0. The lowest BCUT2D eigenvalue weighted by Crippen LogP contribution is -2.36. The van der Waals surface area contributed by atoms with Crippen LogP contribution >= 0.6 is 34.4 Å². The molecule has 5 aromatic rings. The van der Waals surface area contributed by atoms with Crippen LogP contribution in [0.2, 0.25) is 0 Å². The smallest absolute Gasteiger partial charge is 0.294 e. The number of imide groups is 1. The van der Waals surface area contributed by atoms with E-state index in [1.54, 1.807) is 18.2 Å². The predicted octanol–water partition coefficient (Wildman–Crippen LogP) is 8.25. The quantitative estimate of drug-likeness (QED) is 0.122. The van der Waals surface area contributed by atoms with E-state index in [1.165, 1.54) is 0 Å². The van der Waals surface area contributed by atoms with Crippen molar-refractivity contribution in [1.82, 2.24) is 4.90 Å². The van der Waals surface area contributed by atoms with Crippen molar-refractivity contribution in [2.75, 3.05) is 18.5 Å². The molecule has 0 unspecified atom stereocenters. The summed E-state index contributed by atoms with van der Waals surface area (Å²) in [5.74, 6) is 0.179. The predicted molar refractivity (Wildman–Crippen MR) is 184 cm³/mol. The molecule has 6 rings (SSSR count). The van der Waals surface area contributed by atoms with Gasteiger partial charge < -0.3 is 14.8 Å². The summed E-state index contributed by atoms with van der Waals surface area (Å²) >= 11 is 3.00. The first-order valence-electron chi connectivity index (χ1n) is 14.0. The molecule has 1 N–H and O–H groups in total. The molecule has 0 aliphatic carbocycles. The van der Waals surface area contributed by atoms with E-state index in [0.29, 0.717) is 36.0 Å². The van der Waals surface area contributed by atoms with Gasteiger partial charge in [-0.05, 0) is 92.8 Å². The van der Waals surface area contributed by atoms with Crippen molar-refractivity contribution in [3.63, 3.8) is 0 Å². The average molecular weight is 715 g/mol. The van der Waals surface area contributed by atoms with Gasteiger partial charge >= 0.3 is 0 Å². The molecule has 3 amide bonds. The fraction of sp³-hybridized carbons (Fsp3) is 0.114. The molecule has 44 heavy (non-hydrogen) atoms. The topological polar surface area (TPSA) is 84.9 Å². The number of hydrogen-bond donors (Lipinski definition) is 1. The highest BCUT2D eigenvalue weighted by molar-refractivity contribution is 14.1. The maximum atomic E-state index is 13.2. The molecule has 1 aliphatic heterocycles. The van der Waals surface area contributed by atoms with E-state index in [2.05, 4.69) is 46.1 Å². The SMILES string of the molecule is CCOc1cc(/C=C2/SC(=O)N(CC(=O)Nc3cccc4ccccc34)C2=O)cc(I)c1OCc1cccc2ccccc12. The molecule has 5 aromatic carbocycles. The minimum absolute atomic E-state index is 0.232. The third kappa shape index (κ3) is 6.29. The molecule has 9 heteroatoms. The van der Waals surface area contributed by atoms with Gasteiger partial charge in [0, 0.05) is 11.1 Å². The molecule has 0 saturated carbocycles. The van der Waals surface area contributed by atoms with Gasteiger partial charge in [-0.25, -0.2) is 0 Å². The normalized spacial score (nSPS) is 14.0. The van der Waals surface area contributed by atoms with Crippen LogP contribution < -0.4 is 14.8 Å². The van der Waals surface area contributed by atoms with Gasteiger partial charge in [0.1, 0.15) is 13.2 Å². The highest BCUT2D eigenvalue weighted by atomic mass is 127. The number of carbonyl (C=O) groups excluding carboxylic acids is 3. The highest BCUT2D eigenvalue weighted by Crippen LogP contribution is 2.38. The maximum Gasteiger partial charge on any atom is 0.294 e. The van der Waals surface area contributed by atoms with Crippen LogP contribution in [-0.2, 0) is 16.2 Å². The van der Waals surface area contributed by atoms with Gasteiger partial charge in [0.25, 0.3) is 11.1 Å². The van der Waals surface area contributed by atoms with E-state index < -0.39 is 17.1 Å². The molecule has 1 fully saturated rings. The number of benzene rings is 5.